The topological polar surface area (TPSA) is 127 Å². The van der Waals surface area contributed by atoms with Crippen molar-refractivity contribution in [3.8, 4) is 0 Å². The minimum atomic E-state index is -3.42. The molecule has 0 aromatic carbocycles. The number of aliphatic carboxylic acids is 1. The van der Waals surface area contributed by atoms with Crippen molar-refractivity contribution in [3.63, 3.8) is 0 Å². The highest BCUT2D eigenvalue weighted by Crippen LogP contribution is 2.17. The smallest absolute Gasteiger partial charge is 0.326 e. The van der Waals surface area contributed by atoms with Crippen molar-refractivity contribution in [2.75, 3.05) is 32.9 Å². The van der Waals surface area contributed by atoms with Crippen LogP contribution in [0, 0.1) is 0 Å². The van der Waals surface area contributed by atoms with E-state index in [4.69, 9.17) is 5.11 Å². The van der Waals surface area contributed by atoms with Gasteiger partial charge < -0.3 is 20.4 Å². The number of carbonyl (C=O) groups is 2. The van der Waals surface area contributed by atoms with Crippen LogP contribution in [0.3, 0.4) is 0 Å². The van der Waals surface area contributed by atoms with Crippen LogP contribution in [0.4, 0.5) is 4.79 Å². The lowest BCUT2D eigenvalue weighted by molar-refractivity contribution is -0.141. The van der Waals surface area contributed by atoms with E-state index in [-0.39, 0.29) is 25.3 Å². The van der Waals surface area contributed by atoms with Gasteiger partial charge in [0.15, 0.2) is 0 Å². The summed E-state index contributed by atoms with van der Waals surface area (Å²) in [4.78, 5) is 23.7. The Balaban J connectivity index is 2.53. The Kier molecular flexibility index (Phi) is 5.31. The lowest BCUT2D eigenvalue weighted by Gasteiger charge is -2.21. The molecule has 0 spiro atoms. The van der Waals surface area contributed by atoms with Crippen LogP contribution in [-0.2, 0) is 14.8 Å². The third-order valence-corrected chi connectivity index (χ3v) is 4.85. The largest absolute Gasteiger partial charge is 0.480 e. The van der Waals surface area contributed by atoms with Crippen LogP contribution in [0.1, 0.15) is 6.42 Å². The van der Waals surface area contributed by atoms with Crippen LogP contribution in [0.15, 0.2) is 0 Å². The van der Waals surface area contributed by atoms with Crippen LogP contribution in [-0.4, -0.2) is 84.9 Å². The molecule has 0 saturated carbocycles. The molecule has 0 unspecified atom stereocenters. The van der Waals surface area contributed by atoms with Gasteiger partial charge in [0, 0.05) is 33.6 Å². The minimum Gasteiger partial charge on any atom is -0.480 e. The van der Waals surface area contributed by atoms with E-state index in [9.17, 15) is 23.1 Å². The normalized spacial score (nSPS) is 23.1. The second kappa shape index (κ2) is 6.37. The predicted octanol–water partition coefficient (Wildman–Crippen LogP) is -1.89. The molecule has 116 valence electrons. The molecular weight excluding hydrogens is 290 g/mol. The van der Waals surface area contributed by atoms with Crippen molar-refractivity contribution in [2.45, 2.75) is 18.6 Å². The predicted molar refractivity (Wildman–Crippen MR) is 69.6 cm³/mol. The monoisotopic (exact) mass is 309 g/mol. The van der Waals surface area contributed by atoms with Crippen LogP contribution in [0.5, 0.6) is 0 Å². The summed E-state index contributed by atoms with van der Waals surface area (Å²) in [7, 11) is -0.657. The third kappa shape index (κ3) is 4.05. The maximum absolute atomic E-state index is 11.8. The molecule has 0 aromatic rings. The molecule has 1 rings (SSSR count). The average molecular weight is 309 g/mol. The number of carboxylic acid groups (broad SMARTS) is 1. The van der Waals surface area contributed by atoms with Crippen LogP contribution >= 0.6 is 0 Å². The Morgan fingerprint density at radius 3 is 2.50 bits per heavy atom. The van der Waals surface area contributed by atoms with Gasteiger partial charge in [-0.2, -0.15) is 0 Å². The summed E-state index contributed by atoms with van der Waals surface area (Å²) in [5.41, 5.74) is 0. The zero-order valence-corrected chi connectivity index (χ0v) is 12.1. The number of sulfonamides is 1. The first-order valence-corrected chi connectivity index (χ1v) is 7.61. The lowest BCUT2D eigenvalue weighted by Crippen LogP contribution is -2.47. The van der Waals surface area contributed by atoms with Crippen LogP contribution in [0.25, 0.3) is 0 Å². The standard InChI is InChI=1S/C10H19N3O6S/c1-12(2)20(18,19)4-3-11-10(17)13-6-7(14)5-8(13)9(15)16/h7-8,14H,3-6H2,1-2H3,(H,11,17)(H,15,16)/t7-,8-/m0/s1. The number of rotatable bonds is 5. The molecule has 10 heteroatoms. The summed E-state index contributed by atoms with van der Waals surface area (Å²) >= 11 is 0. The van der Waals surface area contributed by atoms with Gasteiger partial charge in [-0.05, 0) is 0 Å². The number of β-amino-alcohol motifs (C(OH)–C–C–N with tert-alkyl or cyclic N) is 1. The zero-order valence-electron chi connectivity index (χ0n) is 11.3. The molecule has 20 heavy (non-hydrogen) atoms. The summed E-state index contributed by atoms with van der Waals surface area (Å²) in [5.74, 6) is -1.47. The quantitative estimate of drug-likeness (QED) is 0.545. The molecule has 0 aliphatic carbocycles. The van der Waals surface area contributed by atoms with E-state index < -0.39 is 34.2 Å². The Morgan fingerprint density at radius 1 is 1.40 bits per heavy atom. The highest BCUT2D eigenvalue weighted by Gasteiger charge is 2.38. The summed E-state index contributed by atoms with van der Waals surface area (Å²) in [6, 6.07) is -1.78. The fourth-order valence-corrected chi connectivity index (χ4v) is 2.57. The van der Waals surface area contributed by atoms with Gasteiger partial charge in [-0.3, -0.25) is 0 Å². The fraction of sp³-hybridized carbons (Fsp3) is 0.800. The lowest BCUT2D eigenvalue weighted by atomic mass is 10.2. The first-order chi connectivity index (χ1) is 9.15. The van der Waals surface area contributed by atoms with Gasteiger partial charge in [-0.25, -0.2) is 22.3 Å². The van der Waals surface area contributed by atoms with Gasteiger partial charge in [0.25, 0.3) is 0 Å². The highest BCUT2D eigenvalue weighted by molar-refractivity contribution is 7.89. The summed E-state index contributed by atoms with van der Waals surface area (Å²) in [6.45, 7) is -0.207. The molecule has 9 nitrogen and oxygen atoms in total. The number of amides is 2. The van der Waals surface area contributed by atoms with Crippen LogP contribution in [0.2, 0.25) is 0 Å². The molecule has 1 aliphatic heterocycles. The Bertz CT molecular complexity index is 477. The van der Waals surface area contributed by atoms with Crippen molar-refractivity contribution in [3.05, 3.63) is 0 Å². The van der Waals surface area contributed by atoms with E-state index in [0.717, 1.165) is 9.21 Å². The Labute approximate surface area is 117 Å². The van der Waals surface area contributed by atoms with E-state index >= 15 is 0 Å². The van der Waals surface area contributed by atoms with Crippen molar-refractivity contribution >= 4 is 22.0 Å². The maximum Gasteiger partial charge on any atom is 0.326 e. The number of carbonyl (C=O) groups excluding carboxylic acids is 1. The SMILES string of the molecule is CN(C)S(=O)(=O)CCNC(=O)N1C[C@@H](O)C[C@H]1C(=O)O. The number of urea groups is 1. The molecule has 1 aliphatic rings. The number of hydrogen-bond donors (Lipinski definition) is 3. The van der Waals surface area contributed by atoms with E-state index in [0.29, 0.717) is 0 Å². The van der Waals surface area contributed by atoms with Gasteiger partial charge in [-0.1, -0.05) is 0 Å². The van der Waals surface area contributed by atoms with Gasteiger partial charge in [0.1, 0.15) is 6.04 Å². The fourth-order valence-electron chi connectivity index (χ4n) is 1.84. The molecule has 2 atom stereocenters. The number of nitrogens with one attached hydrogen (secondary N) is 1. The Hall–Kier alpha value is -1.39. The van der Waals surface area contributed by atoms with Crippen molar-refractivity contribution in [2.24, 2.45) is 0 Å². The number of aliphatic hydroxyl groups is 1. The third-order valence-electron chi connectivity index (χ3n) is 3.02. The molecule has 0 bridgehead atoms. The van der Waals surface area contributed by atoms with E-state index in [1.54, 1.807) is 0 Å². The van der Waals surface area contributed by atoms with Gasteiger partial charge in [0.2, 0.25) is 10.0 Å². The number of aliphatic hydroxyl groups excluding tert-OH is 1. The van der Waals surface area contributed by atoms with E-state index in [1.807, 2.05) is 0 Å². The van der Waals surface area contributed by atoms with Crippen molar-refractivity contribution in [1.82, 2.24) is 14.5 Å². The van der Waals surface area contributed by atoms with Gasteiger partial charge in [-0.15, -0.1) is 0 Å². The van der Waals surface area contributed by atoms with Crippen molar-refractivity contribution in [1.29, 1.82) is 0 Å². The Morgan fingerprint density at radius 2 is 2.00 bits per heavy atom. The first kappa shape index (κ1) is 16.7. The van der Waals surface area contributed by atoms with Gasteiger partial charge in [0.05, 0.1) is 11.9 Å². The van der Waals surface area contributed by atoms with Crippen molar-refractivity contribution < 1.29 is 28.2 Å². The second-order valence-electron chi connectivity index (χ2n) is 4.73. The van der Waals surface area contributed by atoms with E-state index in [1.165, 1.54) is 14.1 Å². The molecule has 1 heterocycles. The highest BCUT2D eigenvalue weighted by atomic mass is 32.2. The second-order valence-corrected chi connectivity index (χ2v) is 7.03. The first-order valence-electron chi connectivity index (χ1n) is 6.00. The number of carboxylic acids is 1. The number of likely N-dealkylation sites (tertiary alicyclic amines) is 1. The molecule has 0 radical (unpaired) electrons. The molecule has 3 N–H and O–H groups in total. The van der Waals surface area contributed by atoms with E-state index in [2.05, 4.69) is 5.32 Å². The van der Waals surface area contributed by atoms with Crippen LogP contribution < -0.4 is 5.32 Å². The summed E-state index contributed by atoms with van der Waals surface area (Å²) in [5, 5.41) is 20.7. The number of nitrogens with zero attached hydrogens (tertiary/aromatic N) is 2. The minimum absolute atomic E-state index is 0.0290. The number of hydrogen-bond acceptors (Lipinski definition) is 5. The molecular formula is C10H19N3O6S. The maximum atomic E-state index is 11.8. The van der Waals surface area contributed by atoms with Gasteiger partial charge >= 0.3 is 12.0 Å². The zero-order chi connectivity index (χ0) is 15.5. The molecule has 2 amide bonds. The molecule has 1 fully saturated rings. The molecule has 1 saturated heterocycles. The summed E-state index contributed by atoms with van der Waals surface area (Å²) < 4.78 is 24.0. The summed E-state index contributed by atoms with van der Waals surface area (Å²) in [6.07, 6.45) is -0.911. The molecule has 0 aromatic heterocycles. The average Bonchev–Trinajstić information content (AvgIpc) is 2.71.